The fourth-order valence-electron chi connectivity index (χ4n) is 6.24. The largest absolute Gasteiger partial charge is 0.481 e. The molecule has 0 bridgehead atoms. The van der Waals surface area contributed by atoms with Crippen LogP contribution in [0, 0.1) is 0 Å². The van der Waals surface area contributed by atoms with E-state index in [0.29, 0.717) is 32.1 Å². The second-order valence-electron chi connectivity index (χ2n) is 15.3. The van der Waals surface area contributed by atoms with Gasteiger partial charge in [-0.2, -0.15) is 0 Å². The van der Waals surface area contributed by atoms with Crippen molar-refractivity contribution < 1.29 is 83.4 Å². The molecule has 12 N–H and O–H groups in total. The third-order valence-electron chi connectivity index (χ3n) is 9.96. The van der Waals surface area contributed by atoms with Gasteiger partial charge < -0.3 is 57.2 Å². The Morgan fingerprint density at radius 1 is 0.328 bits per heavy atom. The third kappa shape index (κ3) is 30.6. The smallest absolute Gasteiger partial charge is 0.326 e. The Labute approximate surface area is 373 Å². The molecular weight excluding hydrogens is 867 g/mol. The van der Waals surface area contributed by atoms with Crippen molar-refractivity contribution in [2.24, 2.45) is 0 Å². The highest BCUT2D eigenvalue weighted by Gasteiger charge is 2.27. The van der Waals surface area contributed by atoms with Crippen molar-refractivity contribution in [2.75, 3.05) is 6.54 Å². The monoisotopic (exact) mass is 934 g/mol. The van der Waals surface area contributed by atoms with Crippen LogP contribution in [-0.2, 0) is 52.7 Å². The second kappa shape index (κ2) is 35.0. The number of carboxylic acid groups (broad SMARTS) is 6. The van der Waals surface area contributed by atoms with Crippen LogP contribution in [0.2, 0.25) is 0 Å². The number of hydrogen-bond acceptors (Lipinski definition) is 12. The maximum absolute atomic E-state index is 12.6. The van der Waals surface area contributed by atoms with Crippen LogP contribution >= 0.6 is 9.39 Å². The van der Waals surface area contributed by atoms with Gasteiger partial charge in [0.2, 0.25) is 29.5 Å². The van der Waals surface area contributed by atoms with Gasteiger partial charge >= 0.3 is 35.8 Å². The molecule has 0 aliphatic heterocycles. The Hall–Kier alpha value is -5.44. The standard InChI is InChI=1S/C40H67N6O17P/c47-30(41-24-12-11-13-29(46-64)40(62)63)20-16-25(36(54)55)43-32(49)22-18-27(38(58)59)45-34(51)23-19-28(39(60)61)44-33(50)21-17-26(37(56)57)42-31(48)14-9-7-5-3-1-2-4-6-8-10-15-35(52)53/h25-29,46H,1-24,64H2,(H,41,47)(H,42,48)(H,43,49)(H,44,50)(H,45,51)(H,52,53)(H,54,55)(H,56,57)(H,58,59)(H,60,61)(H,62,63)/t25?,26?,27-,28?,29+/m1/s1. The summed E-state index contributed by atoms with van der Waals surface area (Å²) in [7, 11) is 2.12. The molecule has 0 fully saturated rings. The first-order valence-electron chi connectivity index (χ1n) is 21.5. The molecule has 0 rings (SSSR count). The molecule has 0 saturated carbocycles. The van der Waals surface area contributed by atoms with Crippen molar-refractivity contribution in [3.8, 4) is 0 Å². The number of amides is 5. The van der Waals surface area contributed by atoms with Crippen LogP contribution in [0.4, 0.5) is 0 Å². The summed E-state index contributed by atoms with van der Waals surface area (Å²) in [6.07, 6.45) is 6.77. The highest BCUT2D eigenvalue weighted by Crippen LogP contribution is 2.13. The molecule has 0 aromatic rings. The lowest BCUT2D eigenvalue weighted by molar-refractivity contribution is -0.144. The lowest BCUT2D eigenvalue weighted by Crippen LogP contribution is -2.45. The number of unbranched alkanes of at least 4 members (excludes halogenated alkanes) is 10. The summed E-state index contributed by atoms with van der Waals surface area (Å²) in [6, 6.07) is -6.96. The Kier molecular flexibility index (Phi) is 32.0. The van der Waals surface area contributed by atoms with Crippen LogP contribution < -0.4 is 31.7 Å². The molecule has 4 unspecified atom stereocenters. The van der Waals surface area contributed by atoms with Crippen LogP contribution in [0.1, 0.15) is 148 Å². The summed E-state index contributed by atoms with van der Waals surface area (Å²) < 4.78 is 0. The van der Waals surface area contributed by atoms with Gasteiger partial charge in [-0.25, -0.2) is 19.2 Å². The zero-order valence-electron chi connectivity index (χ0n) is 36.1. The summed E-state index contributed by atoms with van der Waals surface area (Å²) in [5, 5.41) is 69.9. The predicted octanol–water partition coefficient (Wildman–Crippen LogP) is 1.27. The molecule has 0 radical (unpaired) electrons. The van der Waals surface area contributed by atoms with Crippen LogP contribution in [0.5, 0.6) is 0 Å². The summed E-state index contributed by atoms with van der Waals surface area (Å²) in [5.74, 6) is -11.5. The zero-order chi connectivity index (χ0) is 48.5. The van der Waals surface area contributed by atoms with E-state index in [1.165, 1.54) is 0 Å². The molecule has 23 nitrogen and oxygen atoms in total. The first-order chi connectivity index (χ1) is 30.3. The van der Waals surface area contributed by atoms with E-state index in [0.717, 1.165) is 51.4 Å². The first kappa shape index (κ1) is 58.6. The number of hydrogen-bond donors (Lipinski definition) is 12. The van der Waals surface area contributed by atoms with E-state index in [2.05, 4.69) is 41.1 Å². The van der Waals surface area contributed by atoms with E-state index in [9.17, 15) is 73.2 Å². The van der Waals surface area contributed by atoms with Crippen LogP contribution in [-0.4, -0.2) is 133 Å². The van der Waals surface area contributed by atoms with Crippen LogP contribution in [0.25, 0.3) is 0 Å². The van der Waals surface area contributed by atoms with E-state index in [4.69, 9.17) is 10.2 Å². The van der Waals surface area contributed by atoms with Gasteiger partial charge in [0.25, 0.3) is 0 Å². The molecule has 0 aliphatic rings. The molecule has 5 amide bonds. The summed E-state index contributed by atoms with van der Waals surface area (Å²) in [6.45, 7) is 0.212. The van der Waals surface area contributed by atoms with Crippen LogP contribution in [0.15, 0.2) is 0 Å². The molecule has 0 saturated heterocycles. The van der Waals surface area contributed by atoms with Crippen molar-refractivity contribution in [1.29, 1.82) is 0 Å². The number of rotatable bonds is 40. The summed E-state index contributed by atoms with van der Waals surface area (Å²) >= 11 is 0. The highest BCUT2D eigenvalue weighted by atomic mass is 31.0. The lowest BCUT2D eigenvalue weighted by atomic mass is 10.0. The number of nitrogens with one attached hydrogen (secondary N) is 6. The van der Waals surface area contributed by atoms with E-state index >= 15 is 0 Å². The average Bonchev–Trinajstić information content (AvgIpc) is 3.21. The molecule has 0 aromatic heterocycles. The van der Waals surface area contributed by atoms with E-state index in [-0.39, 0.29) is 38.6 Å². The van der Waals surface area contributed by atoms with Crippen molar-refractivity contribution in [2.45, 2.75) is 178 Å². The van der Waals surface area contributed by atoms with Gasteiger partial charge in [0, 0.05) is 45.1 Å². The topological polar surface area (TPSA) is 381 Å². The fourth-order valence-corrected chi connectivity index (χ4v) is 6.55. The maximum atomic E-state index is 12.6. The minimum atomic E-state index is -1.64. The molecular formula is C40H67N6O17P. The minimum absolute atomic E-state index is 0.0752. The molecule has 6 atom stereocenters. The average molecular weight is 935 g/mol. The van der Waals surface area contributed by atoms with E-state index in [1.54, 1.807) is 0 Å². The van der Waals surface area contributed by atoms with Crippen molar-refractivity contribution in [3.05, 3.63) is 0 Å². The van der Waals surface area contributed by atoms with Crippen molar-refractivity contribution in [1.82, 2.24) is 31.7 Å². The van der Waals surface area contributed by atoms with Gasteiger partial charge in [-0.15, -0.1) is 0 Å². The number of carboxylic acids is 6. The molecule has 364 valence electrons. The molecule has 0 aromatic carbocycles. The number of aliphatic carboxylic acids is 6. The van der Waals surface area contributed by atoms with Gasteiger partial charge in [-0.3, -0.25) is 38.6 Å². The van der Waals surface area contributed by atoms with Gasteiger partial charge in [0.1, 0.15) is 30.2 Å². The molecule has 24 heteroatoms. The SMILES string of the molecule is O=C(O)CCCCCCCCCCCCC(=O)NC(CCC(=O)NC(CCC(=O)N[C@H](CCC(=O)NC(CCC(=O)NCCCC[C@H](NP)C(=O)O)C(=O)O)C(=O)O)C(=O)O)C(=O)O. The fraction of sp³-hybridized carbons (Fsp3) is 0.725. The Balaban J connectivity index is 4.68. The Morgan fingerprint density at radius 3 is 0.938 bits per heavy atom. The van der Waals surface area contributed by atoms with Crippen molar-refractivity contribution in [3.63, 3.8) is 0 Å². The van der Waals surface area contributed by atoms with Gasteiger partial charge in [-0.1, -0.05) is 60.8 Å². The minimum Gasteiger partial charge on any atom is -0.481 e. The molecule has 0 spiro atoms. The highest BCUT2D eigenvalue weighted by molar-refractivity contribution is 7.13. The predicted molar refractivity (Wildman–Crippen MR) is 229 cm³/mol. The second-order valence-corrected chi connectivity index (χ2v) is 15.7. The summed E-state index contributed by atoms with van der Waals surface area (Å²) in [5.41, 5.74) is 0. The first-order valence-corrected chi connectivity index (χ1v) is 22.1. The Morgan fingerprint density at radius 2 is 0.625 bits per heavy atom. The quantitative estimate of drug-likeness (QED) is 0.0304. The molecule has 64 heavy (non-hydrogen) atoms. The lowest BCUT2D eigenvalue weighted by Gasteiger charge is -2.18. The maximum Gasteiger partial charge on any atom is 0.326 e. The molecule has 0 heterocycles. The van der Waals surface area contributed by atoms with Gasteiger partial charge in [-0.05, 0) is 57.8 Å². The van der Waals surface area contributed by atoms with Gasteiger partial charge in [0.15, 0.2) is 0 Å². The van der Waals surface area contributed by atoms with E-state index < -0.39 is 128 Å². The van der Waals surface area contributed by atoms with E-state index in [1.807, 2.05) is 0 Å². The normalized spacial score (nSPS) is 13.2. The number of carbonyl (C=O) groups is 11. The number of carbonyl (C=O) groups excluding carboxylic acids is 5. The van der Waals surface area contributed by atoms with Crippen molar-refractivity contribution >= 4 is 74.7 Å². The summed E-state index contributed by atoms with van der Waals surface area (Å²) in [4.78, 5) is 131. The molecule has 0 aliphatic carbocycles. The Bertz CT molecular complexity index is 1550. The van der Waals surface area contributed by atoms with Crippen LogP contribution in [0.3, 0.4) is 0 Å². The third-order valence-corrected chi connectivity index (χ3v) is 10.4. The zero-order valence-corrected chi connectivity index (χ0v) is 37.3. The van der Waals surface area contributed by atoms with Gasteiger partial charge in [0.05, 0.1) is 0 Å².